The lowest BCUT2D eigenvalue weighted by atomic mass is 10.0. The molecule has 0 saturated heterocycles. The number of benzene rings is 2. The number of rotatable bonds is 5. The summed E-state index contributed by atoms with van der Waals surface area (Å²) >= 11 is 0. The molecule has 0 spiro atoms. The zero-order chi connectivity index (χ0) is 17.8. The van der Waals surface area contributed by atoms with Gasteiger partial charge in [-0.25, -0.2) is 0 Å². The maximum absolute atomic E-state index is 12.7. The van der Waals surface area contributed by atoms with Gasteiger partial charge in [-0.1, -0.05) is 35.9 Å². The molecule has 128 valence electrons. The number of ether oxygens (including phenoxy) is 1. The number of carbonyl (C=O) groups is 1. The van der Waals surface area contributed by atoms with Crippen molar-refractivity contribution < 1.29 is 9.53 Å². The number of carbonyl (C=O) groups excluding carboxylic acids is 1. The van der Waals surface area contributed by atoms with Gasteiger partial charge < -0.3 is 10.1 Å². The number of hydrogen-bond acceptors (Lipinski definition) is 3. The first-order valence-corrected chi connectivity index (χ1v) is 8.13. The van der Waals surface area contributed by atoms with Crippen LogP contribution in [0.25, 0.3) is 11.3 Å². The van der Waals surface area contributed by atoms with Crippen molar-refractivity contribution in [1.29, 1.82) is 0 Å². The number of aryl methyl sites for hydroxylation is 1. The maximum atomic E-state index is 12.7. The van der Waals surface area contributed by atoms with Crippen LogP contribution in [-0.4, -0.2) is 23.2 Å². The average molecular weight is 335 g/mol. The monoisotopic (exact) mass is 335 g/mol. The molecule has 1 aromatic heterocycles. The summed E-state index contributed by atoms with van der Waals surface area (Å²) in [4.78, 5) is 12.7. The minimum atomic E-state index is -0.159. The SMILES string of the molecule is COc1ccc(C(C)NC(=O)c2cn[nH]c2-c2cccc(C)c2)cc1. The summed E-state index contributed by atoms with van der Waals surface area (Å²) in [7, 11) is 1.63. The molecule has 3 aromatic rings. The van der Waals surface area contributed by atoms with Crippen molar-refractivity contribution in [2.24, 2.45) is 0 Å². The van der Waals surface area contributed by atoms with Crippen LogP contribution in [0.4, 0.5) is 0 Å². The zero-order valence-corrected chi connectivity index (χ0v) is 14.5. The molecule has 0 bridgehead atoms. The molecule has 25 heavy (non-hydrogen) atoms. The molecule has 0 aliphatic heterocycles. The fraction of sp³-hybridized carbons (Fsp3) is 0.200. The number of nitrogens with one attached hydrogen (secondary N) is 2. The Kier molecular flexibility index (Phi) is 4.84. The molecule has 5 heteroatoms. The van der Waals surface area contributed by atoms with Crippen LogP contribution in [-0.2, 0) is 0 Å². The van der Waals surface area contributed by atoms with Crippen LogP contribution in [0.15, 0.2) is 54.7 Å². The summed E-state index contributed by atoms with van der Waals surface area (Å²) in [6.07, 6.45) is 1.56. The third-order valence-corrected chi connectivity index (χ3v) is 4.15. The molecule has 1 heterocycles. The van der Waals surface area contributed by atoms with E-state index < -0.39 is 0 Å². The van der Waals surface area contributed by atoms with E-state index in [1.807, 2.05) is 62.4 Å². The van der Waals surface area contributed by atoms with E-state index in [0.717, 1.165) is 28.1 Å². The molecular weight excluding hydrogens is 314 g/mol. The van der Waals surface area contributed by atoms with Crippen LogP contribution in [0.3, 0.4) is 0 Å². The summed E-state index contributed by atoms with van der Waals surface area (Å²) in [6, 6.07) is 15.5. The highest BCUT2D eigenvalue weighted by Crippen LogP contribution is 2.23. The Morgan fingerprint density at radius 3 is 2.64 bits per heavy atom. The number of nitrogens with zero attached hydrogens (tertiary/aromatic N) is 1. The molecular formula is C20H21N3O2. The molecule has 3 rings (SSSR count). The zero-order valence-electron chi connectivity index (χ0n) is 14.5. The molecule has 0 aliphatic carbocycles. The van der Waals surface area contributed by atoms with Gasteiger partial charge in [0, 0.05) is 5.56 Å². The minimum absolute atomic E-state index is 0.126. The van der Waals surface area contributed by atoms with E-state index in [1.54, 1.807) is 13.3 Å². The van der Waals surface area contributed by atoms with Crippen molar-refractivity contribution in [2.75, 3.05) is 7.11 Å². The Morgan fingerprint density at radius 1 is 1.20 bits per heavy atom. The lowest BCUT2D eigenvalue weighted by molar-refractivity contribution is 0.0940. The Balaban J connectivity index is 1.78. The second kappa shape index (κ2) is 7.21. The highest BCUT2D eigenvalue weighted by molar-refractivity contribution is 5.99. The van der Waals surface area contributed by atoms with Gasteiger partial charge in [-0.3, -0.25) is 9.89 Å². The Hall–Kier alpha value is -3.08. The topological polar surface area (TPSA) is 67.0 Å². The molecule has 1 atom stereocenters. The third-order valence-electron chi connectivity index (χ3n) is 4.15. The fourth-order valence-corrected chi connectivity index (χ4v) is 2.73. The molecule has 0 radical (unpaired) electrons. The lowest BCUT2D eigenvalue weighted by Crippen LogP contribution is -2.26. The Bertz CT molecular complexity index is 869. The highest BCUT2D eigenvalue weighted by Gasteiger charge is 2.18. The molecule has 0 saturated carbocycles. The molecule has 2 aromatic carbocycles. The number of H-pyrrole nitrogens is 1. The van der Waals surface area contributed by atoms with Crippen molar-refractivity contribution >= 4 is 5.91 Å². The standard InChI is InChI=1S/C20H21N3O2/c1-13-5-4-6-16(11-13)19-18(12-21-23-19)20(24)22-14(2)15-7-9-17(25-3)10-8-15/h4-12,14H,1-3H3,(H,21,23)(H,22,24). The van der Waals surface area contributed by atoms with E-state index in [9.17, 15) is 4.79 Å². The first-order valence-electron chi connectivity index (χ1n) is 8.13. The molecule has 0 aliphatic rings. The Morgan fingerprint density at radius 2 is 1.96 bits per heavy atom. The van der Waals surface area contributed by atoms with Gasteiger partial charge in [0.15, 0.2) is 0 Å². The second-order valence-electron chi connectivity index (χ2n) is 6.00. The van der Waals surface area contributed by atoms with E-state index >= 15 is 0 Å². The molecule has 1 unspecified atom stereocenters. The summed E-state index contributed by atoms with van der Waals surface area (Å²) in [6.45, 7) is 3.97. The number of amides is 1. The van der Waals surface area contributed by atoms with Gasteiger partial charge in [0.2, 0.25) is 0 Å². The molecule has 1 amide bonds. The summed E-state index contributed by atoms with van der Waals surface area (Å²) in [5.41, 5.74) is 4.34. The second-order valence-corrected chi connectivity index (χ2v) is 6.00. The number of aromatic nitrogens is 2. The smallest absolute Gasteiger partial charge is 0.255 e. The van der Waals surface area contributed by atoms with Crippen molar-refractivity contribution in [1.82, 2.24) is 15.5 Å². The van der Waals surface area contributed by atoms with E-state index in [2.05, 4.69) is 15.5 Å². The van der Waals surface area contributed by atoms with Crippen LogP contribution in [0, 0.1) is 6.92 Å². The number of hydrogen-bond donors (Lipinski definition) is 2. The minimum Gasteiger partial charge on any atom is -0.497 e. The van der Waals surface area contributed by atoms with E-state index in [0.29, 0.717) is 5.56 Å². The normalized spacial score (nSPS) is 11.8. The summed E-state index contributed by atoms with van der Waals surface area (Å²) in [5, 5.41) is 10.0. The van der Waals surface area contributed by atoms with E-state index in [-0.39, 0.29) is 11.9 Å². The van der Waals surface area contributed by atoms with Crippen LogP contribution in [0.2, 0.25) is 0 Å². The quantitative estimate of drug-likeness (QED) is 0.743. The van der Waals surface area contributed by atoms with Gasteiger partial charge in [0.25, 0.3) is 5.91 Å². The van der Waals surface area contributed by atoms with Gasteiger partial charge in [-0.15, -0.1) is 0 Å². The van der Waals surface area contributed by atoms with Crippen LogP contribution in [0.1, 0.15) is 34.5 Å². The molecule has 2 N–H and O–H groups in total. The van der Waals surface area contributed by atoms with Gasteiger partial charge in [0.05, 0.1) is 30.6 Å². The largest absolute Gasteiger partial charge is 0.497 e. The number of methoxy groups -OCH3 is 1. The van der Waals surface area contributed by atoms with Crippen molar-refractivity contribution in [3.63, 3.8) is 0 Å². The van der Waals surface area contributed by atoms with Crippen LogP contribution in [0.5, 0.6) is 5.75 Å². The maximum Gasteiger partial charge on any atom is 0.255 e. The van der Waals surface area contributed by atoms with Crippen LogP contribution < -0.4 is 10.1 Å². The summed E-state index contributed by atoms with van der Waals surface area (Å²) < 4.78 is 5.16. The van der Waals surface area contributed by atoms with E-state index in [4.69, 9.17) is 4.74 Å². The van der Waals surface area contributed by atoms with Crippen molar-refractivity contribution in [3.05, 3.63) is 71.4 Å². The average Bonchev–Trinajstić information content (AvgIpc) is 3.11. The van der Waals surface area contributed by atoms with Gasteiger partial charge >= 0.3 is 0 Å². The predicted octanol–water partition coefficient (Wildman–Crippen LogP) is 3.88. The molecule has 5 nitrogen and oxygen atoms in total. The van der Waals surface area contributed by atoms with Crippen molar-refractivity contribution in [2.45, 2.75) is 19.9 Å². The fourth-order valence-electron chi connectivity index (χ4n) is 2.73. The molecule has 0 fully saturated rings. The van der Waals surface area contributed by atoms with Gasteiger partial charge in [0.1, 0.15) is 5.75 Å². The third kappa shape index (κ3) is 3.71. The van der Waals surface area contributed by atoms with Crippen molar-refractivity contribution in [3.8, 4) is 17.0 Å². The first kappa shape index (κ1) is 16.8. The van der Waals surface area contributed by atoms with Gasteiger partial charge in [-0.2, -0.15) is 5.10 Å². The first-order chi connectivity index (χ1) is 12.1. The predicted molar refractivity (Wildman–Crippen MR) is 97.6 cm³/mol. The number of aromatic amines is 1. The Labute approximate surface area is 147 Å². The summed E-state index contributed by atoms with van der Waals surface area (Å²) in [5.74, 6) is 0.632. The van der Waals surface area contributed by atoms with Gasteiger partial charge in [-0.05, 0) is 37.6 Å². The highest BCUT2D eigenvalue weighted by atomic mass is 16.5. The van der Waals surface area contributed by atoms with E-state index in [1.165, 1.54) is 0 Å². The van der Waals surface area contributed by atoms with Crippen LogP contribution >= 0.6 is 0 Å². The lowest BCUT2D eigenvalue weighted by Gasteiger charge is -2.15.